The molecule has 1 unspecified atom stereocenters. The Balaban J connectivity index is 1.76. The summed E-state index contributed by atoms with van der Waals surface area (Å²) in [6.45, 7) is 2.17. The summed E-state index contributed by atoms with van der Waals surface area (Å²) in [5, 5.41) is 12.8. The molecule has 0 fully saturated rings. The number of anilines is 1. The molecule has 0 saturated carbocycles. The second-order valence-corrected chi connectivity index (χ2v) is 7.44. The molecule has 28 heavy (non-hydrogen) atoms. The lowest BCUT2D eigenvalue weighted by Gasteiger charge is -2.21. The van der Waals surface area contributed by atoms with Crippen LogP contribution < -0.4 is 14.8 Å². The number of unbranched alkanes of at least 4 members (excludes halogenated alkanes) is 1. The average Bonchev–Trinajstić information content (AvgIpc) is 2.90. The minimum absolute atomic E-state index is 0.455. The maximum Gasteiger partial charge on any atom is 0.247 e. The number of nitrogens with one attached hydrogen (secondary N) is 1. The van der Waals surface area contributed by atoms with E-state index in [0.29, 0.717) is 16.7 Å². The zero-order valence-electron chi connectivity index (χ0n) is 15.9. The van der Waals surface area contributed by atoms with Gasteiger partial charge in [0, 0.05) is 17.0 Å². The molecule has 0 bridgehead atoms. The van der Waals surface area contributed by atoms with Gasteiger partial charge in [0.05, 0.1) is 12.7 Å². The number of methoxy groups -OCH3 is 1. The van der Waals surface area contributed by atoms with E-state index in [4.69, 9.17) is 9.47 Å². The van der Waals surface area contributed by atoms with E-state index in [1.54, 1.807) is 18.9 Å². The SMILES string of the molecule is CCCCSc1nnc2c(n1)OC(c1ccccc1OC)Nc1ccccc1-2. The third-order valence-corrected chi connectivity index (χ3v) is 5.41. The highest BCUT2D eigenvalue weighted by atomic mass is 32.2. The summed E-state index contributed by atoms with van der Waals surface area (Å²) in [4.78, 5) is 4.66. The molecule has 7 heteroatoms. The predicted octanol–water partition coefficient (Wildman–Crippen LogP) is 4.94. The van der Waals surface area contributed by atoms with Crippen molar-refractivity contribution in [2.24, 2.45) is 0 Å². The van der Waals surface area contributed by atoms with Crippen molar-refractivity contribution in [3.63, 3.8) is 0 Å². The number of fused-ring (bicyclic) bond motifs is 3. The molecule has 1 N–H and O–H groups in total. The minimum Gasteiger partial charge on any atom is -0.496 e. The van der Waals surface area contributed by atoms with Crippen LogP contribution in [0.1, 0.15) is 31.6 Å². The molecular formula is C21H22N4O2S. The van der Waals surface area contributed by atoms with Crippen molar-refractivity contribution in [2.75, 3.05) is 18.2 Å². The van der Waals surface area contributed by atoms with Gasteiger partial charge in [0.1, 0.15) is 5.75 Å². The molecule has 1 aliphatic heterocycles. The highest BCUT2D eigenvalue weighted by molar-refractivity contribution is 7.99. The molecule has 1 aromatic heterocycles. The Morgan fingerprint density at radius 2 is 1.93 bits per heavy atom. The smallest absolute Gasteiger partial charge is 0.247 e. The van der Waals surface area contributed by atoms with Crippen LogP contribution in [-0.4, -0.2) is 28.0 Å². The quantitative estimate of drug-likeness (QED) is 0.469. The number of benzene rings is 2. The summed E-state index contributed by atoms with van der Waals surface area (Å²) in [6, 6.07) is 15.7. The number of ether oxygens (including phenoxy) is 2. The molecule has 3 aromatic rings. The first kappa shape index (κ1) is 18.6. The molecule has 1 atom stereocenters. The van der Waals surface area contributed by atoms with Crippen LogP contribution in [0, 0.1) is 0 Å². The van der Waals surface area contributed by atoms with Gasteiger partial charge in [0.25, 0.3) is 0 Å². The second kappa shape index (κ2) is 8.48. The Hall–Kier alpha value is -2.80. The van der Waals surface area contributed by atoms with Crippen molar-refractivity contribution < 1.29 is 9.47 Å². The summed E-state index contributed by atoms with van der Waals surface area (Å²) >= 11 is 1.60. The zero-order chi connectivity index (χ0) is 19.3. The molecule has 0 spiro atoms. The van der Waals surface area contributed by atoms with E-state index >= 15 is 0 Å². The van der Waals surface area contributed by atoms with Crippen LogP contribution in [-0.2, 0) is 0 Å². The number of thioether (sulfide) groups is 1. The number of rotatable bonds is 6. The fourth-order valence-electron chi connectivity index (χ4n) is 3.04. The van der Waals surface area contributed by atoms with E-state index in [1.807, 2.05) is 48.5 Å². The van der Waals surface area contributed by atoms with Gasteiger partial charge in [-0.05, 0) is 24.6 Å². The Labute approximate surface area is 168 Å². The van der Waals surface area contributed by atoms with E-state index < -0.39 is 6.23 Å². The maximum atomic E-state index is 6.30. The Kier molecular flexibility index (Phi) is 5.62. The van der Waals surface area contributed by atoms with E-state index in [9.17, 15) is 0 Å². The molecule has 0 amide bonds. The topological polar surface area (TPSA) is 69.2 Å². The molecule has 0 radical (unpaired) electrons. The normalized spacial score (nSPS) is 14.9. The van der Waals surface area contributed by atoms with Crippen molar-refractivity contribution in [1.29, 1.82) is 0 Å². The first-order valence-electron chi connectivity index (χ1n) is 9.33. The third kappa shape index (κ3) is 3.75. The van der Waals surface area contributed by atoms with Crippen molar-refractivity contribution in [1.82, 2.24) is 15.2 Å². The van der Waals surface area contributed by atoms with Crippen molar-refractivity contribution in [3.05, 3.63) is 54.1 Å². The highest BCUT2D eigenvalue weighted by Crippen LogP contribution is 2.40. The maximum absolute atomic E-state index is 6.30. The van der Waals surface area contributed by atoms with Crippen LogP contribution in [0.25, 0.3) is 11.3 Å². The molecule has 1 aliphatic rings. The zero-order valence-corrected chi connectivity index (χ0v) is 16.7. The van der Waals surface area contributed by atoms with Gasteiger partial charge in [-0.25, -0.2) is 0 Å². The molecule has 0 aliphatic carbocycles. The lowest BCUT2D eigenvalue weighted by molar-refractivity contribution is 0.220. The number of hydrogen-bond donors (Lipinski definition) is 1. The molecule has 0 saturated heterocycles. The van der Waals surface area contributed by atoms with Gasteiger partial charge in [-0.2, -0.15) is 4.98 Å². The summed E-state index contributed by atoms with van der Waals surface area (Å²) in [5.74, 6) is 2.18. The standard InChI is InChI=1S/C21H22N4O2S/c1-3-4-13-28-21-23-20-18(24-25-21)14-9-5-7-11-16(14)22-19(27-20)15-10-6-8-12-17(15)26-2/h5-12,19,22H,3-4,13H2,1-2H3. The fourth-order valence-corrected chi connectivity index (χ4v) is 3.90. The monoisotopic (exact) mass is 394 g/mol. The van der Waals surface area contributed by atoms with Crippen LogP contribution in [0.3, 0.4) is 0 Å². The average molecular weight is 395 g/mol. The number of hydrogen-bond acceptors (Lipinski definition) is 7. The molecule has 6 nitrogen and oxygen atoms in total. The highest BCUT2D eigenvalue weighted by Gasteiger charge is 2.27. The number of aromatic nitrogens is 3. The summed E-state index contributed by atoms with van der Waals surface area (Å²) < 4.78 is 11.8. The van der Waals surface area contributed by atoms with Gasteiger partial charge in [-0.1, -0.05) is 55.4 Å². The predicted molar refractivity (Wildman–Crippen MR) is 111 cm³/mol. The largest absolute Gasteiger partial charge is 0.496 e. The van der Waals surface area contributed by atoms with Gasteiger partial charge in [-0.15, -0.1) is 10.2 Å². The van der Waals surface area contributed by atoms with Crippen LogP contribution >= 0.6 is 11.8 Å². The Morgan fingerprint density at radius 3 is 2.79 bits per heavy atom. The Morgan fingerprint density at radius 1 is 1.11 bits per heavy atom. The van der Waals surface area contributed by atoms with E-state index in [1.165, 1.54) is 0 Å². The van der Waals surface area contributed by atoms with Crippen LogP contribution in [0.5, 0.6) is 11.6 Å². The van der Waals surface area contributed by atoms with Gasteiger partial charge in [0.15, 0.2) is 5.69 Å². The van der Waals surface area contributed by atoms with E-state index in [2.05, 4.69) is 27.4 Å². The first-order chi connectivity index (χ1) is 13.8. The van der Waals surface area contributed by atoms with Gasteiger partial charge in [0.2, 0.25) is 17.3 Å². The van der Waals surface area contributed by atoms with Gasteiger partial charge >= 0.3 is 0 Å². The molecule has 2 heterocycles. The van der Waals surface area contributed by atoms with Crippen molar-refractivity contribution >= 4 is 17.4 Å². The summed E-state index contributed by atoms with van der Waals surface area (Å²) in [7, 11) is 1.66. The molecule has 2 aromatic carbocycles. The fraction of sp³-hybridized carbons (Fsp3) is 0.286. The van der Waals surface area contributed by atoms with E-state index in [-0.39, 0.29) is 0 Å². The van der Waals surface area contributed by atoms with Crippen molar-refractivity contribution in [3.8, 4) is 22.9 Å². The molecule has 4 rings (SSSR count). The second-order valence-electron chi connectivity index (χ2n) is 6.38. The van der Waals surface area contributed by atoms with Crippen LogP contribution in [0.2, 0.25) is 0 Å². The summed E-state index contributed by atoms with van der Waals surface area (Å²) in [6.07, 6.45) is 1.79. The number of nitrogens with zero attached hydrogens (tertiary/aromatic N) is 3. The lowest BCUT2D eigenvalue weighted by Crippen LogP contribution is -2.18. The number of para-hydroxylation sites is 2. The van der Waals surface area contributed by atoms with Crippen LogP contribution in [0.4, 0.5) is 5.69 Å². The van der Waals surface area contributed by atoms with E-state index in [0.717, 1.165) is 41.2 Å². The van der Waals surface area contributed by atoms with Crippen LogP contribution in [0.15, 0.2) is 53.7 Å². The Bertz CT molecular complexity index is 967. The lowest BCUT2D eigenvalue weighted by atomic mass is 10.1. The van der Waals surface area contributed by atoms with Gasteiger partial charge in [-0.3, -0.25) is 0 Å². The minimum atomic E-state index is -0.455. The first-order valence-corrected chi connectivity index (χ1v) is 10.3. The van der Waals surface area contributed by atoms with Crippen molar-refractivity contribution in [2.45, 2.75) is 31.1 Å². The summed E-state index contributed by atoms with van der Waals surface area (Å²) in [5.41, 5.74) is 3.37. The molecular weight excluding hydrogens is 372 g/mol. The molecule has 144 valence electrons. The third-order valence-electron chi connectivity index (χ3n) is 4.48. The van der Waals surface area contributed by atoms with Gasteiger partial charge < -0.3 is 14.8 Å².